The van der Waals surface area contributed by atoms with Gasteiger partial charge in [0.05, 0.1) is 15.9 Å². The number of carbonyl (C=O) groups excluding carboxylic acids is 2. The van der Waals surface area contributed by atoms with Gasteiger partial charge < -0.3 is 10.2 Å². The fourth-order valence-electron chi connectivity index (χ4n) is 5.47. The van der Waals surface area contributed by atoms with Gasteiger partial charge in [0.15, 0.2) is 0 Å². The number of fused-ring (bicyclic) bond motifs is 2. The summed E-state index contributed by atoms with van der Waals surface area (Å²) >= 11 is 1.56. The van der Waals surface area contributed by atoms with Gasteiger partial charge >= 0.3 is 0 Å². The van der Waals surface area contributed by atoms with E-state index in [1.54, 1.807) is 11.3 Å². The lowest BCUT2D eigenvalue weighted by molar-refractivity contribution is 0.0690. The molecular weight excluding hydrogens is 454 g/mol. The molecule has 3 aromatic carbocycles. The number of benzene rings is 3. The van der Waals surface area contributed by atoms with Gasteiger partial charge in [-0.05, 0) is 54.5 Å². The first kappa shape index (κ1) is 22.0. The van der Waals surface area contributed by atoms with Crippen molar-refractivity contribution < 1.29 is 9.59 Å². The van der Waals surface area contributed by atoms with E-state index in [1.807, 2.05) is 66.4 Å². The molecule has 2 fully saturated rings. The molecule has 6 heteroatoms. The van der Waals surface area contributed by atoms with Crippen LogP contribution < -0.4 is 5.32 Å². The average molecular weight is 482 g/mol. The Labute approximate surface area is 208 Å². The van der Waals surface area contributed by atoms with Gasteiger partial charge in [-0.25, -0.2) is 4.98 Å². The molecule has 1 aliphatic carbocycles. The van der Waals surface area contributed by atoms with Crippen LogP contribution in [0, 0.1) is 25.7 Å². The summed E-state index contributed by atoms with van der Waals surface area (Å²) in [4.78, 5) is 34.4. The summed E-state index contributed by atoms with van der Waals surface area (Å²) < 4.78 is 0. The van der Waals surface area contributed by atoms with Crippen molar-refractivity contribution in [2.24, 2.45) is 11.8 Å². The van der Waals surface area contributed by atoms with Gasteiger partial charge in [0.2, 0.25) is 0 Å². The first-order chi connectivity index (χ1) is 17.0. The van der Waals surface area contributed by atoms with Crippen molar-refractivity contribution in [3.8, 4) is 10.4 Å². The Morgan fingerprint density at radius 1 is 1.06 bits per heavy atom. The normalized spacial score (nSPS) is 20.6. The van der Waals surface area contributed by atoms with Crippen LogP contribution in [0.15, 0.2) is 66.7 Å². The monoisotopic (exact) mass is 481 g/mol. The summed E-state index contributed by atoms with van der Waals surface area (Å²) in [5.74, 6) is 0.861. The molecule has 2 amide bonds. The van der Waals surface area contributed by atoms with Crippen molar-refractivity contribution in [2.45, 2.75) is 26.3 Å². The number of hydrogen-bond donors (Lipinski definition) is 1. The van der Waals surface area contributed by atoms with Gasteiger partial charge in [0.25, 0.3) is 11.8 Å². The Hall–Kier alpha value is -3.51. The first-order valence-electron chi connectivity index (χ1n) is 12.1. The molecule has 35 heavy (non-hydrogen) atoms. The number of aromatic nitrogens is 1. The molecule has 176 valence electrons. The highest BCUT2D eigenvalue weighted by molar-refractivity contribution is 7.15. The lowest BCUT2D eigenvalue weighted by Crippen LogP contribution is -2.45. The molecule has 5 nitrogen and oxygen atoms in total. The highest BCUT2D eigenvalue weighted by Gasteiger charge is 2.54. The third kappa shape index (κ3) is 4.02. The number of carbonyl (C=O) groups is 2. The van der Waals surface area contributed by atoms with Crippen molar-refractivity contribution in [1.29, 1.82) is 0 Å². The smallest absolute Gasteiger partial charge is 0.274 e. The standard InChI is InChI=1S/C29H27N3O2S/c1-17-7-5-10-20(13-17)27-26(31-18(2)35-27)29(34)32-16-21-14-24(21)25(32)15-30-28(33)23-12-6-9-19-8-3-4-11-22(19)23/h3-13,21,24-25H,14-16H2,1-2H3,(H,30,33)/t21-,24-,25-/m1/s1. The number of nitrogens with zero attached hydrogens (tertiary/aromatic N) is 2. The molecule has 1 saturated carbocycles. The summed E-state index contributed by atoms with van der Waals surface area (Å²) in [5, 5.41) is 6.00. The number of likely N-dealkylation sites (tertiary alicyclic amines) is 1. The summed E-state index contributed by atoms with van der Waals surface area (Å²) in [6.45, 7) is 5.20. The van der Waals surface area contributed by atoms with E-state index in [9.17, 15) is 9.59 Å². The van der Waals surface area contributed by atoms with E-state index in [-0.39, 0.29) is 17.9 Å². The first-order valence-corrected chi connectivity index (χ1v) is 12.9. The highest BCUT2D eigenvalue weighted by atomic mass is 32.1. The molecule has 1 aromatic heterocycles. The Balaban J connectivity index is 1.23. The molecular formula is C29H27N3O2S. The van der Waals surface area contributed by atoms with Crippen LogP contribution in [-0.2, 0) is 0 Å². The predicted molar refractivity (Wildman–Crippen MR) is 140 cm³/mol. The molecule has 6 rings (SSSR count). The molecule has 0 unspecified atom stereocenters. The Kier molecular flexibility index (Phi) is 5.41. The van der Waals surface area contributed by atoms with Gasteiger partial charge in [-0.2, -0.15) is 0 Å². The molecule has 0 radical (unpaired) electrons. The summed E-state index contributed by atoms with van der Waals surface area (Å²) in [6.07, 6.45) is 1.12. The zero-order valence-corrected chi connectivity index (χ0v) is 20.6. The number of thiazole rings is 1. The molecule has 0 bridgehead atoms. The predicted octanol–water partition coefficient (Wildman–Crippen LogP) is 5.47. The van der Waals surface area contributed by atoms with Crippen molar-refractivity contribution in [2.75, 3.05) is 13.1 Å². The Morgan fingerprint density at radius 2 is 1.86 bits per heavy atom. The number of piperidine rings is 1. The SMILES string of the molecule is Cc1cccc(-c2sc(C)nc2C(=O)N2C[C@H]3C[C@H]3[C@H]2CNC(=O)c2cccc3ccccc23)c1. The van der Waals surface area contributed by atoms with E-state index in [2.05, 4.69) is 29.4 Å². The van der Waals surface area contributed by atoms with E-state index in [1.165, 1.54) is 0 Å². The third-order valence-electron chi connectivity index (χ3n) is 7.29. The number of rotatable bonds is 5. The van der Waals surface area contributed by atoms with E-state index < -0.39 is 0 Å². The molecule has 4 aromatic rings. The fraction of sp³-hybridized carbons (Fsp3) is 0.276. The Bertz CT molecular complexity index is 1450. The van der Waals surface area contributed by atoms with E-state index >= 15 is 0 Å². The zero-order valence-electron chi connectivity index (χ0n) is 19.8. The van der Waals surface area contributed by atoms with Gasteiger partial charge in [0.1, 0.15) is 5.69 Å². The minimum Gasteiger partial charge on any atom is -0.350 e. The Morgan fingerprint density at radius 3 is 2.71 bits per heavy atom. The van der Waals surface area contributed by atoms with Crippen LogP contribution in [0.1, 0.15) is 37.8 Å². The van der Waals surface area contributed by atoms with Crippen molar-refractivity contribution in [3.63, 3.8) is 0 Å². The fourth-order valence-corrected chi connectivity index (χ4v) is 6.38. The molecule has 1 saturated heterocycles. The lowest BCUT2D eigenvalue weighted by atomic mass is 10.0. The number of aryl methyl sites for hydroxylation is 2. The summed E-state index contributed by atoms with van der Waals surface area (Å²) in [6, 6.07) is 21.9. The van der Waals surface area contributed by atoms with Crippen molar-refractivity contribution >= 4 is 33.9 Å². The highest BCUT2D eigenvalue weighted by Crippen LogP contribution is 2.50. The van der Waals surface area contributed by atoms with Crippen LogP contribution in [0.5, 0.6) is 0 Å². The quantitative estimate of drug-likeness (QED) is 0.411. The largest absolute Gasteiger partial charge is 0.350 e. The molecule has 0 spiro atoms. The summed E-state index contributed by atoms with van der Waals surface area (Å²) in [7, 11) is 0. The minimum atomic E-state index is -0.0942. The van der Waals surface area contributed by atoms with Crippen molar-refractivity contribution in [3.05, 3.63) is 88.6 Å². The lowest BCUT2D eigenvalue weighted by Gasteiger charge is -2.27. The average Bonchev–Trinajstić information content (AvgIpc) is 3.38. The molecule has 3 atom stereocenters. The zero-order chi connectivity index (χ0) is 24.1. The van der Waals surface area contributed by atoms with Crippen LogP contribution in [0.25, 0.3) is 21.2 Å². The van der Waals surface area contributed by atoms with E-state index in [0.717, 1.165) is 44.7 Å². The van der Waals surface area contributed by atoms with Gasteiger partial charge in [-0.3, -0.25) is 9.59 Å². The maximum absolute atomic E-state index is 13.8. The molecule has 1 aliphatic heterocycles. The van der Waals surface area contributed by atoms with E-state index in [4.69, 9.17) is 0 Å². The van der Waals surface area contributed by atoms with Crippen molar-refractivity contribution in [1.82, 2.24) is 15.2 Å². The maximum atomic E-state index is 13.8. The number of hydrogen-bond acceptors (Lipinski definition) is 4. The maximum Gasteiger partial charge on any atom is 0.274 e. The second-order valence-corrected chi connectivity index (χ2v) is 10.9. The second kappa shape index (κ2) is 8.61. The van der Waals surface area contributed by atoms with Gasteiger partial charge in [0, 0.05) is 18.7 Å². The number of nitrogens with one attached hydrogen (secondary N) is 1. The van der Waals surface area contributed by atoms with Crippen LogP contribution in [0.4, 0.5) is 0 Å². The molecule has 2 heterocycles. The van der Waals surface area contributed by atoms with Gasteiger partial charge in [-0.15, -0.1) is 11.3 Å². The van der Waals surface area contributed by atoms with Crippen LogP contribution in [0.3, 0.4) is 0 Å². The third-order valence-corrected chi connectivity index (χ3v) is 8.31. The van der Waals surface area contributed by atoms with Crippen LogP contribution >= 0.6 is 11.3 Å². The van der Waals surface area contributed by atoms with Crippen LogP contribution in [0.2, 0.25) is 0 Å². The van der Waals surface area contributed by atoms with E-state index in [0.29, 0.717) is 29.6 Å². The second-order valence-electron chi connectivity index (χ2n) is 9.70. The van der Waals surface area contributed by atoms with Crippen LogP contribution in [-0.4, -0.2) is 40.8 Å². The van der Waals surface area contributed by atoms with Gasteiger partial charge in [-0.1, -0.05) is 66.2 Å². The molecule has 2 aliphatic rings. The molecule has 1 N–H and O–H groups in total. The topological polar surface area (TPSA) is 62.3 Å². The minimum absolute atomic E-state index is 0.00112. The number of amides is 2. The summed E-state index contributed by atoms with van der Waals surface area (Å²) in [5.41, 5.74) is 3.39.